The predicted octanol–water partition coefficient (Wildman–Crippen LogP) is 5.13. The van der Waals surface area contributed by atoms with Crippen molar-refractivity contribution in [2.75, 3.05) is 25.1 Å². The summed E-state index contributed by atoms with van der Waals surface area (Å²) in [4.78, 5) is 17.1. The molecule has 0 radical (unpaired) electrons. The number of pyridine rings is 1. The lowest BCUT2D eigenvalue weighted by molar-refractivity contribution is 0.0114. The highest BCUT2D eigenvalue weighted by Gasteiger charge is 2.41. The number of carbonyl (C=O) groups is 1. The minimum atomic E-state index is -0.480. The minimum Gasteiger partial charge on any atom is -0.479 e. The van der Waals surface area contributed by atoms with Crippen LogP contribution in [0.5, 0.6) is 5.88 Å². The standard InChI is InChI=1S/C21H28BrClN4O3/c1-21(2,3)30-20(28)26(13-5-6-13)14-9-11-25(12-10-14)15-7-8-16(22)27-18(15)17(23)19(24-27)29-4/h7-8,13-14H,5-6,9-12H2,1-4H3. The van der Waals surface area contributed by atoms with Gasteiger partial charge in [-0.05, 0) is 74.5 Å². The molecule has 164 valence electrons. The average Bonchev–Trinajstić information content (AvgIpc) is 3.45. The molecule has 1 saturated heterocycles. The van der Waals surface area contributed by atoms with Gasteiger partial charge in [0.2, 0.25) is 0 Å². The van der Waals surface area contributed by atoms with Crippen molar-refractivity contribution >= 4 is 44.8 Å². The van der Waals surface area contributed by atoms with Crippen molar-refractivity contribution in [1.29, 1.82) is 0 Å². The maximum atomic E-state index is 12.8. The van der Waals surface area contributed by atoms with Crippen LogP contribution in [-0.2, 0) is 4.74 Å². The number of hydrogen-bond donors (Lipinski definition) is 0. The number of rotatable bonds is 4. The second-order valence-electron chi connectivity index (χ2n) is 8.96. The van der Waals surface area contributed by atoms with Crippen LogP contribution in [0.3, 0.4) is 0 Å². The van der Waals surface area contributed by atoms with Crippen molar-refractivity contribution in [3.8, 4) is 5.88 Å². The van der Waals surface area contributed by atoms with Crippen LogP contribution < -0.4 is 9.64 Å². The molecule has 1 aliphatic heterocycles. The summed E-state index contributed by atoms with van der Waals surface area (Å²) in [6.07, 6.45) is 3.73. The summed E-state index contributed by atoms with van der Waals surface area (Å²) in [5.74, 6) is 0.407. The predicted molar refractivity (Wildman–Crippen MR) is 121 cm³/mol. The van der Waals surface area contributed by atoms with Gasteiger partial charge in [0.05, 0.1) is 12.8 Å². The Labute approximate surface area is 190 Å². The maximum Gasteiger partial charge on any atom is 0.410 e. The number of nitrogens with zero attached hydrogens (tertiary/aromatic N) is 4. The van der Waals surface area contributed by atoms with Gasteiger partial charge in [-0.1, -0.05) is 11.6 Å². The fourth-order valence-electron chi connectivity index (χ4n) is 4.09. The molecule has 0 N–H and O–H groups in total. The zero-order chi connectivity index (χ0) is 21.6. The van der Waals surface area contributed by atoms with Crippen molar-refractivity contribution in [1.82, 2.24) is 14.5 Å². The second kappa shape index (κ2) is 8.11. The zero-order valence-electron chi connectivity index (χ0n) is 17.8. The van der Waals surface area contributed by atoms with Crippen LogP contribution in [0.2, 0.25) is 5.02 Å². The molecule has 1 amide bonds. The van der Waals surface area contributed by atoms with E-state index >= 15 is 0 Å². The summed E-state index contributed by atoms with van der Waals surface area (Å²) < 4.78 is 13.6. The highest BCUT2D eigenvalue weighted by molar-refractivity contribution is 9.10. The number of ether oxygens (including phenoxy) is 2. The number of fused-ring (bicyclic) bond motifs is 1. The Morgan fingerprint density at radius 1 is 1.20 bits per heavy atom. The van der Waals surface area contributed by atoms with E-state index < -0.39 is 5.60 Å². The molecule has 4 rings (SSSR count). The number of carbonyl (C=O) groups excluding carboxylic acids is 1. The van der Waals surface area contributed by atoms with Gasteiger partial charge in [-0.25, -0.2) is 9.31 Å². The molecule has 30 heavy (non-hydrogen) atoms. The van der Waals surface area contributed by atoms with Crippen LogP contribution >= 0.6 is 27.5 Å². The zero-order valence-corrected chi connectivity index (χ0v) is 20.2. The molecule has 3 heterocycles. The molecule has 2 aromatic rings. The van der Waals surface area contributed by atoms with Gasteiger partial charge in [-0.3, -0.25) is 0 Å². The van der Waals surface area contributed by atoms with Crippen molar-refractivity contribution < 1.29 is 14.3 Å². The largest absolute Gasteiger partial charge is 0.479 e. The number of halogens is 2. The van der Waals surface area contributed by atoms with Gasteiger partial charge >= 0.3 is 6.09 Å². The van der Waals surface area contributed by atoms with Gasteiger partial charge in [0.1, 0.15) is 20.7 Å². The van der Waals surface area contributed by atoms with Gasteiger partial charge in [-0.15, -0.1) is 5.10 Å². The molecule has 0 aromatic carbocycles. The molecule has 0 atom stereocenters. The minimum absolute atomic E-state index is 0.182. The SMILES string of the molecule is COc1nn2c(Br)ccc(N3CCC(N(C(=O)OC(C)(C)C)C4CC4)CC3)c2c1Cl. The summed E-state index contributed by atoms with van der Waals surface area (Å²) in [6.45, 7) is 7.42. The van der Waals surface area contributed by atoms with E-state index in [9.17, 15) is 4.79 Å². The van der Waals surface area contributed by atoms with E-state index in [2.05, 4.69) is 32.0 Å². The molecule has 0 unspecified atom stereocenters. The van der Waals surface area contributed by atoms with Gasteiger partial charge in [0.25, 0.3) is 5.88 Å². The Balaban J connectivity index is 1.53. The van der Waals surface area contributed by atoms with Gasteiger partial charge in [0, 0.05) is 25.2 Å². The van der Waals surface area contributed by atoms with Gasteiger partial charge in [-0.2, -0.15) is 0 Å². The first-order valence-electron chi connectivity index (χ1n) is 10.4. The Kier molecular flexibility index (Phi) is 5.83. The fourth-order valence-corrected chi connectivity index (χ4v) is 4.77. The molecular weight excluding hydrogens is 472 g/mol. The maximum absolute atomic E-state index is 12.8. The van der Waals surface area contributed by atoms with E-state index in [1.807, 2.05) is 31.7 Å². The Bertz CT molecular complexity index is 946. The number of anilines is 1. The van der Waals surface area contributed by atoms with Crippen LogP contribution in [0, 0.1) is 0 Å². The van der Waals surface area contributed by atoms with Crippen molar-refractivity contribution in [3.05, 3.63) is 21.8 Å². The number of piperidine rings is 1. The third-order valence-electron chi connectivity index (χ3n) is 5.56. The molecule has 1 saturated carbocycles. The second-order valence-corrected chi connectivity index (χ2v) is 10.2. The molecule has 1 aliphatic carbocycles. The van der Waals surface area contributed by atoms with E-state index in [0.717, 1.165) is 54.6 Å². The molecule has 0 bridgehead atoms. The third-order valence-corrected chi connectivity index (χ3v) is 6.50. The lowest BCUT2D eigenvalue weighted by Gasteiger charge is -2.40. The molecule has 2 aromatic heterocycles. The van der Waals surface area contributed by atoms with E-state index in [-0.39, 0.29) is 12.1 Å². The highest BCUT2D eigenvalue weighted by atomic mass is 79.9. The van der Waals surface area contributed by atoms with Gasteiger partial charge < -0.3 is 19.3 Å². The third kappa shape index (κ3) is 4.21. The van der Waals surface area contributed by atoms with Crippen LogP contribution in [0.15, 0.2) is 16.7 Å². The molecule has 7 nitrogen and oxygen atoms in total. The van der Waals surface area contributed by atoms with Crippen molar-refractivity contribution in [2.24, 2.45) is 0 Å². The summed E-state index contributed by atoms with van der Waals surface area (Å²) in [7, 11) is 1.57. The lowest BCUT2D eigenvalue weighted by Crippen LogP contribution is -2.50. The van der Waals surface area contributed by atoms with Crippen LogP contribution in [0.1, 0.15) is 46.5 Å². The smallest absolute Gasteiger partial charge is 0.410 e. The van der Waals surface area contributed by atoms with Crippen molar-refractivity contribution in [3.63, 3.8) is 0 Å². The van der Waals surface area contributed by atoms with Crippen molar-refractivity contribution in [2.45, 2.75) is 64.1 Å². The molecule has 9 heteroatoms. The molecule has 2 aliphatic rings. The number of aromatic nitrogens is 2. The summed E-state index contributed by atoms with van der Waals surface area (Å²) in [5, 5.41) is 4.94. The average molecular weight is 500 g/mol. The van der Waals surface area contributed by atoms with E-state index in [1.165, 1.54) is 0 Å². The fraction of sp³-hybridized carbons (Fsp3) is 0.619. The normalized spacial score (nSPS) is 18.0. The van der Waals surface area contributed by atoms with E-state index in [4.69, 9.17) is 21.1 Å². The number of amides is 1. The van der Waals surface area contributed by atoms with Gasteiger partial charge in [0.15, 0.2) is 0 Å². The topological polar surface area (TPSA) is 59.3 Å². The first-order chi connectivity index (χ1) is 14.2. The monoisotopic (exact) mass is 498 g/mol. The number of hydrogen-bond acceptors (Lipinski definition) is 5. The first-order valence-corrected chi connectivity index (χ1v) is 11.5. The first kappa shape index (κ1) is 21.6. The van der Waals surface area contributed by atoms with Crippen LogP contribution in [-0.4, -0.2) is 58.5 Å². The molecule has 2 fully saturated rings. The van der Waals surface area contributed by atoms with E-state index in [1.54, 1.807) is 11.6 Å². The summed E-state index contributed by atoms with van der Waals surface area (Å²) in [6, 6.07) is 4.54. The Morgan fingerprint density at radius 3 is 2.40 bits per heavy atom. The summed E-state index contributed by atoms with van der Waals surface area (Å²) in [5.41, 5.74) is 1.37. The van der Waals surface area contributed by atoms with Crippen LogP contribution in [0.4, 0.5) is 10.5 Å². The molecular formula is C21H28BrClN4O3. The number of methoxy groups -OCH3 is 1. The molecule has 0 spiro atoms. The Hall–Kier alpha value is -1.67. The van der Waals surface area contributed by atoms with E-state index in [0.29, 0.717) is 16.9 Å². The lowest BCUT2D eigenvalue weighted by atomic mass is 10.0. The Morgan fingerprint density at radius 2 is 1.83 bits per heavy atom. The highest BCUT2D eigenvalue weighted by Crippen LogP contribution is 2.39. The van der Waals surface area contributed by atoms with Crippen LogP contribution in [0.25, 0.3) is 5.52 Å². The summed E-state index contributed by atoms with van der Waals surface area (Å²) >= 11 is 10.1. The quantitative estimate of drug-likeness (QED) is 0.546.